The van der Waals surface area contributed by atoms with Gasteiger partial charge in [0, 0.05) is 0 Å². The Kier molecular flexibility index (Phi) is 3.87. The maximum Gasteiger partial charge on any atom is 0.337 e. The first-order valence-corrected chi connectivity index (χ1v) is 5.84. The Balaban J connectivity index is 2.22. The van der Waals surface area contributed by atoms with Gasteiger partial charge in [0.05, 0.1) is 35.9 Å². The molecule has 19 heavy (non-hydrogen) atoms. The lowest BCUT2D eigenvalue weighted by molar-refractivity contribution is 0.0601. The van der Waals surface area contributed by atoms with Crippen molar-refractivity contribution in [2.24, 2.45) is 0 Å². The molecule has 2 aromatic rings. The molecule has 1 aromatic heterocycles. The fraction of sp³-hybridized carbons (Fsp3) is 0.0769. The Morgan fingerprint density at radius 1 is 1.37 bits per heavy atom. The van der Waals surface area contributed by atoms with Gasteiger partial charge in [0.2, 0.25) is 0 Å². The van der Waals surface area contributed by atoms with Crippen LogP contribution in [0.2, 0.25) is 5.15 Å². The molecule has 0 saturated heterocycles. The Hall–Kier alpha value is -2.27. The van der Waals surface area contributed by atoms with Crippen molar-refractivity contribution < 1.29 is 9.53 Å². The third-order valence-corrected chi connectivity index (χ3v) is 2.70. The van der Waals surface area contributed by atoms with Crippen LogP contribution in [-0.2, 0) is 4.74 Å². The van der Waals surface area contributed by atoms with Gasteiger partial charge in [-0.05, 0) is 30.3 Å². The second kappa shape index (κ2) is 5.58. The summed E-state index contributed by atoms with van der Waals surface area (Å²) in [5, 5.41) is 3.50. The van der Waals surface area contributed by atoms with Gasteiger partial charge in [-0.2, -0.15) is 0 Å². The van der Waals surface area contributed by atoms with E-state index in [2.05, 4.69) is 15.0 Å². The Labute approximate surface area is 115 Å². The van der Waals surface area contributed by atoms with Gasteiger partial charge in [-0.1, -0.05) is 11.6 Å². The number of halogens is 1. The number of hydrogen-bond donors (Lipinski definition) is 2. The first kappa shape index (κ1) is 13.2. The number of anilines is 3. The monoisotopic (exact) mass is 277 g/mol. The molecule has 0 aliphatic rings. The normalized spacial score (nSPS) is 10.0. The van der Waals surface area contributed by atoms with Gasteiger partial charge >= 0.3 is 5.97 Å². The SMILES string of the molecule is COC(=O)c1ccc(Nc2ccc(Cl)nc2)c(N)c1. The number of nitrogens with zero attached hydrogens (tertiary/aromatic N) is 1. The van der Waals surface area contributed by atoms with Crippen molar-refractivity contribution >= 4 is 34.6 Å². The summed E-state index contributed by atoms with van der Waals surface area (Å²) in [6.07, 6.45) is 1.59. The fourth-order valence-electron chi connectivity index (χ4n) is 1.53. The van der Waals surface area contributed by atoms with Gasteiger partial charge in [0.25, 0.3) is 0 Å². The summed E-state index contributed by atoms with van der Waals surface area (Å²) < 4.78 is 4.62. The zero-order chi connectivity index (χ0) is 13.8. The molecular weight excluding hydrogens is 266 g/mol. The quantitative estimate of drug-likeness (QED) is 0.512. The lowest BCUT2D eigenvalue weighted by atomic mass is 10.1. The van der Waals surface area contributed by atoms with Crippen LogP contribution in [0.1, 0.15) is 10.4 Å². The Morgan fingerprint density at radius 2 is 2.16 bits per heavy atom. The van der Waals surface area contributed by atoms with E-state index in [1.54, 1.807) is 36.5 Å². The smallest absolute Gasteiger partial charge is 0.337 e. The number of carbonyl (C=O) groups is 1. The largest absolute Gasteiger partial charge is 0.465 e. The molecule has 1 aromatic carbocycles. The third kappa shape index (κ3) is 3.14. The zero-order valence-corrected chi connectivity index (χ0v) is 10.9. The van der Waals surface area contributed by atoms with Crippen molar-refractivity contribution in [3.63, 3.8) is 0 Å². The van der Waals surface area contributed by atoms with Gasteiger partial charge in [0.1, 0.15) is 5.15 Å². The number of benzene rings is 1. The minimum atomic E-state index is -0.425. The van der Waals surface area contributed by atoms with Crippen LogP contribution < -0.4 is 11.1 Å². The standard InChI is InChI=1S/C13H12ClN3O2/c1-19-13(18)8-2-4-11(10(15)6-8)17-9-3-5-12(14)16-7-9/h2-7,17H,15H2,1H3. The molecule has 0 fully saturated rings. The van der Waals surface area contributed by atoms with E-state index < -0.39 is 5.97 Å². The number of nitrogens with one attached hydrogen (secondary N) is 1. The number of nitrogen functional groups attached to an aromatic ring is 1. The molecule has 0 aliphatic carbocycles. The first-order valence-electron chi connectivity index (χ1n) is 5.46. The summed E-state index contributed by atoms with van der Waals surface area (Å²) in [5.41, 5.74) is 8.15. The second-order valence-corrected chi connectivity index (χ2v) is 4.18. The number of rotatable bonds is 3. The van der Waals surface area contributed by atoms with E-state index in [0.717, 1.165) is 5.69 Å². The molecule has 6 heteroatoms. The van der Waals surface area contributed by atoms with Crippen molar-refractivity contribution in [1.29, 1.82) is 0 Å². The molecular formula is C13H12ClN3O2. The summed E-state index contributed by atoms with van der Waals surface area (Å²) in [6, 6.07) is 8.34. The van der Waals surface area contributed by atoms with E-state index in [4.69, 9.17) is 17.3 Å². The highest BCUT2D eigenvalue weighted by molar-refractivity contribution is 6.29. The van der Waals surface area contributed by atoms with Crippen LogP contribution in [0.15, 0.2) is 36.5 Å². The van der Waals surface area contributed by atoms with E-state index in [1.165, 1.54) is 7.11 Å². The summed E-state index contributed by atoms with van der Waals surface area (Å²) in [5.74, 6) is -0.425. The minimum absolute atomic E-state index is 0.403. The summed E-state index contributed by atoms with van der Waals surface area (Å²) in [6.45, 7) is 0. The Morgan fingerprint density at radius 3 is 2.74 bits per heavy atom. The molecule has 5 nitrogen and oxygen atoms in total. The molecule has 0 aliphatic heterocycles. The molecule has 0 amide bonds. The molecule has 98 valence electrons. The van der Waals surface area contributed by atoms with Crippen LogP contribution in [0.4, 0.5) is 17.1 Å². The number of methoxy groups -OCH3 is 1. The van der Waals surface area contributed by atoms with E-state index in [-0.39, 0.29) is 0 Å². The van der Waals surface area contributed by atoms with Crippen molar-refractivity contribution in [1.82, 2.24) is 4.98 Å². The van der Waals surface area contributed by atoms with Crippen molar-refractivity contribution in [2.45, 2.75) is 0 Å². The lowest BCUT2D eigenvalue weighted by Crippen LogP contribution is -2.04. The highest BCUT2D eigenvalue weighted by Crippen LogP contribution is 2.24. The van der Waals surface area contributed by atoms with Gasteiger partial charge in [0.15, 0.2) is 0 Å². The van der Waals surface area contributed by atoms with Gasteiger partial charge < -0.3 is 15.8 Å². The Bertz CT molecular complexity index is 599. The van der Waals surface area contributed by atoms with E-state index in [1.807, 2.05) is 0 Å². The van der Waals surface area contributed by atoms with Gasteiger partial charge in [-0.25, -0.2) is 9.78 Å². The molecule has 0 unspecified atom stereocenters. The predicted octanol–water partition coefficient (Wildman–Crippen LogP) is 2.85. The van der Waals surface area contributed by atoms with E-state index in [0.29, 0.717) is 22.1 Å². The van der Waals surface area contributed by atoms with Crippen LogP contribution >= 0.6 is 11.6 Å². The lowest BCUT2D eigenvalue weighted by Gasteiger charge is -2.10. The summed E-state index contributed by atoms with van der Waals surface area (Å²) in [4.78, 5) is 15.3. The summed E-state index contributed by atoms with van der Waals surface area (Å²) in [7, 11) is 1.32. The number of esters is 1. The minimum Gasteiger partial charge on any atom is -0.465 e. The zero-order valence-electron chi connectivity index (χ0n) is 10.2. The molecule has 0 bridgehead atoms. The van der Waals surface area contributed by atoms with Crippen LogP contribution in [0.5, 0.6) is 0 Å². The fourth-order valence-corrected chi connectivity index (χ4v) is 1.64. The average Bonchev–Trinajstić information content (AvgIpc) is 2.42. The van der Waals surface area contributed by atoms with Gasteiger partial charge in [-0.3, -0.25) is 0 Å². The number of aromatic nitrogens is 1. The number of pyridine rings is 1. The highest BCUT2D eigenvalue weighted by Gasteiger charge is 2.08. The molecule has 0 saturated carbocycles. The maximum atomic E-state index is 11.3. The number of hydrogen-bond acceptors (Lipinski definition) is 5. The molecule has 0 spiro atoms. The van der Waals surface area contributed by atoms with E-state index in [9.17, 15) is 4.79 Å². The second-order valence-electron chi connectivity index (χ2n) is 3.79. The molecule has 2 rings (SSSR count). The van der Waals surface area contributed by atoms with Crippen molar-refractivity contribution in [3.8, 4) is 0 Å². The van der Waals surface area contributed by atoms with Crippen molar-refractivity contribution in [2.75, 3.05) is 18.2 Å². The third-order valence-electron chi connectivity index (χ3n) is 2.48. The van der Waals surface area contributed by atoms with Crippen LogP contribution in [0.3, 0.4) is 0 Å². The van der Waals surface area contributed by atoms with Crippen LogP contribution in [0, 0.1) is 0 Å². The summed E-state index contributed by atoms with van der Waals surface area (Å²) >= 11 is 5.70. The highest BCUT2D eigenvalue weighted by atomic mass is 35.5. The first-order chi connectivity index (χ1) is 9.10. The van der Waals surface area contributed by atoms with Crippen LogP contribution in [-0.4, -0.2) is 18.1 Å². The molecule has 0 atom stereocenters. The topological polar surface area (TPSA) is 77.2 Å². The molecule has 0 radical (unpaired) electrons. The number of ether oxygens (including phenoxy) is 1. The average molecular weight is 278 g/mol. The van der Waals surface area contributed by atoms with Crippen molar-refractivity contribution in [3.05, 3.63) is 47.2 Å². The number of carbonyl (C=O) groups excluding carboxylic acids is 1. The predicted molar refractivity (Wildman–Crippen MR) is 74.7 cm³/mol. The van der Waals surface area contributed by atoms with E-state index >= 15 is 0 Å². The van der Waals surface area contributed by atoms with Gasteiger partial charge in [-0.15, -0.1) is 0 Å². The molecule has 3 N–H and O–H groups in total. The van der Waals surface area contributed by atoms with Crippen LogP contribution in [0.25, 0.3) is 0 Å². The molecule has 1 heterocycles. The number of nitrogens with two attached hydrogens (primary N) is 1. The maximum absolute atomic E-state index is 11.3.